The van der Waals surface area contributed by atoms with Crippen LogP contribution in [-0.4, -0.2) is 27.8 Å². The molecule has 1 atom stereocenters. The summed E-state index contributed by atoms with van der Waals surface area (Å²) in [7, 11) is 1.59. The molecule has 0 unspecified atom stereocenters. The number of fused-ring (bicyclic) bond motifs is 1. The lowest BCUT2D eigenvalue weighted by atomic mass is 10.0. The molecular formula is C25H23N5O2S2. The van der Waals surface area contributed by atoms with Crippen LogP contribution in [0.2, 0.25) is 0 Å². The van der Waals surface area contributed by atoms with Crippen molar-refractivity contribution in [2.75, 3.05) is 17.7 Å². The molecule has 172 valence electrons. The van der Waals surface area contributed by atoms with Gasteiger partial charge in [-0.25, -0.2) is 4.68 Å². The number of ether oxygens (including phenoxy) is 1. The number of nitrogens with one attached hydrogen (secondary N) is 2. The summed E-state index contributed by atoms with van der Waals surface area (Å²) in [6.45, 7) is 1.90. The fourth-order valence-electron chi connectivity index (χ4n) is 3.86. The predicted octanol–water partition coefficient (Wildman–Crippen LogP) is 5.57. The quantitative estimate of drug-likeness (QED) is 0.331. The van der Waals surface area contributed by atoms with E-state index < -0.39 is 0 Å². The van der Waals surface area contributed by atoms with E-state index in [1.165, 1.54) is 5.56 Å². The zero-order chi connectivity index (χ0) is 23.5. The summed E-state index contributed by atoms with van der Waals surface area (Å²) in [5.41, 5.74) is 3.15. The van der Waals surface area contributed by atoms with Crippen LogP contribution < -0.4 is 15.4 Å². The maximum absolute atomic E-state index is 13.6. The second kappa shape index (κ2) is 9.74. The minimum atomic E-state index is -0.385. The van der Waals surface area contributed by atoms with E-state index in [9.17, 15) is 4.79 Å². The molecule has 5 rings (SSSR count). The van der Waals surface area contributed by atoms with Gasteiger partial charge in [0.1, 0.15) is 11.8 Å². The van der Waals surface area contributed by atoms with Crippen LogP contribution in [0.4, 0.5) is 11.6 Å². The normalized spacial score (nSPS) is 14.9. The highest BCUT2D eigenvalue weighted by Gasteiger charge is 2.35. The Morgan fingerprint density at radius 1 is 1.15 bits per heavy atom. The number of nitrogens with zero attached hydrogens (tertiary/aromatic N) is 3. The first-order valence-electron chi connectivity index (χ1n) is 10.7. The number of anilines is 2. The van der Waals surface area contributed by atoms with Crippen LogP contribution in [0.5, 0.6) is 5.75 Å². The molecule has 34 heavy (non-hydrogen) atoms. The van der Waals surface area contributed by atoms with Gasteiger partial charge in [0.2, 0.25) is 11.1 Å². The Labute approximate surface area is 205 Å². The second-order valence-electron chi connectivity index (χ2n) is 7.67. The number of rotatable bonds is 7. The van der Waals surface area contributed by atoms with Crippen molar-refractivity contribution in [3.05, 3.63) is 93.8 Å². The van der Waals surface area contributed by atoms with Gasteiger partial charge in [0, 0.05) is 16.3 Å². The topological polar surface area (TPSA) is 81.1 Å². The smallest absolute Gasteiger partial charge is 0.256 e. The molecule has 1 aliphatic rings. The first-order valence-corrected chi connectivity index (χ1v) is 12.6. The molecule has 1 aliphatic heterocycles. The largest absolute Gasteiger partial charge is 0.495 e. The number of hydrogen-bond acceptors (Lipinski definition) is 7. The highest BCUT2D eigenvalue weighted by atomic mass is 32.2. The third kappa shape index (κ3) is 4.44. The maximum atomic E-state index is 13.6. The number of aromatic nitrogens is 3. The Balaban J connectivity index is 1.46. The molecule has 9 heteroatoms. The maximum Gasteiger partial charge on any atom is 0.256 e. The fraction of sp³-hybridized carbons (Fsp3) is 0.160. The van der Waals surface area contributed by atoms with E-state index >= 15 is 0 Å². The highest BCUT2D eigenvalue weighted by molar-refractivity contribution is 7.98. The molecular weight excluding hydrogens is 466 g/mol. The molecule has 0 fully saturated rings. The first-order chi connectivity index (χ1) is 16.6. The second-order valence-corrected chi connectivity index (χ2v) is 9.59. The molecule has 0 saturated heterocycles. The lowest BCUT2D eigenvalue weighted by molar-refractivity contribution is -0.113. The Morgan fingerprint density at radius 3 is 2.71 bits per heavy atom. The molecule has 0 bridgehead atoms. The average molecular weight is 490 g/mol. The van der Waals surface area contributed by atoms with Crippen molar-refractivity contribution in [2.45, 2.75) is 23.9 Å². The summed E-state index contributed by atoms with van der Waals surface area (Å²) < 4.78 is 7.22. The molecule has 0 aliphatic carbocycles. The van der Waals surface area contributed by atoms with Crippen molar-refractivity contribution in [1.29, 1.82) is 0 Å². The number of benzene rings is 2. The molecule has 1 amide bonds. The minimum absolute atomic E-state index is 0.215. The summed E-state index contributed by atoms with van der Waals surface area (Å²) in [6, 6.07) is 21.2. The third-order valence-corrected chi connectivity index (χ3v) is 7.29. The Bertz CT molecular complexity index is 1330. The molecule has 7 nitrogen and oxygen atoms in total. The first kappa shape index (κ1) is 22.2. The number of thioether (sulfide) groups is 1. The van der Waals surface area contributed by atoms with Gasteiger partial charge in [0.05, 0.1) is 18.4 Å². The molecule has 0 saturated carbocycles. The Kier molecular flexibility index (Phi) is 6.37. The number of carbonyl (C=O) groups excluding carboxylic acids is 1. The zero-order valence-electron chi connectivity index (χ0n) is 18.7. The van der Waals surface area contributed by atoms with E-state index in [0.717, 1.165) is 16.3 Å². The van der Waals surface area contributed by atoms with Crippen molar-refractivity contribution < 1.29 is 9.53 Å². The van der Waals surface area contributed by atoms with Crippen LogP contribution in [0.3, 0.4) is 0 Å². The van der Waals surface area contributed by atoms with Crippen LogP contribution in [0.1, 0.15) is 23.4 Å². The lowest BCUT2D eigenvalue weighted by Gasteiger charge is -2.27. The van der Waals surface area contributed by atoms with Gasteiger partial charge in [0.25, 0.3) is 5.91 Å². The van der Waals surface area contributed by atoms with E-state index in [4.69, 9.17) is 14.8 Å². The van der Waals surface area contributed by atoms with E-state index in [1.54, 1.807) is 30.2 Å². The molecule has 0 radical (unpaired) electrons. The number of allylic oxidation sites excluding steroid dienone is 1. The number of para-hydroxylation sites is 2. The van der Waals surface area contributed by atoms with Crippen molar-refractivity contribution >= 4 is 40.6 Å². The van der Waals surface area contributed by atoms with Gasteiger partial charge in [-0.05, 0) is 36.1 Å². The SMILES string of the molecule is COc1ccccc1NC(=O)C1=C(C)Nc2nc(SCc3ccccc3)nn2[C@H]1c1cccs1. The fourth-order valence-corrected chi connectivity index (χ4v) is 5.46. The van der Waals surface area contributed by atoms with Crippen LogP contribution >= 0.6 is 23.1 Å². The van der Waals surface area contributed by atoms with Gasteiger partial charge in [-0.3, -0.25) is 4.79 Å². The number of amides is 1. The number of methoxy groups -OCH3 is 1. The Hall–Kier alpha value is -3.56. The highest BCUT2D eigenvalue weighted by Crippen LogP contribution is 2.39. The zero-order valence-corrected chi connectivity index (χ0v) is 20.3. The monoisotopic (exact) mass is 489 g/mol. The molecule has 2 aromatic heterocycles. The summed E-state index contributed by atoms with van der Waals surface area (Å²) in [5, 5.41) is 13.7. The minimum Gasteiger partial charge on any atom is -0.495 e. The van der Waals surface area contributed by atoms with Crippen molar-refractivity contribution in [1.82, 2.24) is 14.8 Å². The average Bonchev–Trinajstić information content (AvgIpc) is 3.53. The molecule has 4 aromatic rings. The summed E-state index contributed by atoms with van der Waals surface area (Å²) in [4.78, 5) is 19.3. The van der Waals surface area contributed by atoms with Crippen molar-refractivity contribution in [3.8, 4) is 5.75 Å². The van der Waals surface area contributed by atoms with Gasteiger partial charge >= 0.3 is 0 Å². The van der Waals surface area contributed by atoms with E-state index in [-0.39, 0.29) is 11.9 Å². The van der Waals surface area contributed by atoms with E-state index in [2.05, 4.69) is 22.8 Å². The van der Waals surface area contributed by atoms with Crippen molar-refractivity contribution in [2.24, 2.45) is 0 Å². The van der Waals surface area contributed by atoms with Gasteiger partial charge < -0.3 is 15.4 Å². The van der Waals surface area contributed by atoms with Crippen LogP contribution in [0.15, 0.2) is 88.5 Å². The molecule has 2 N–H and O–H groups in total. The van der Waals surface area contributed by atoms with E-state index in [1.807, 2.05) is 71.6 Å². The van der Waals surface area contributed by atoms with Crippen LogP contribution in [-0.2, 0) is 10.5 Å². The number of thiophene rings is 1. The van der Waals surface area contributed by atoms with Crippen LogP contribution in [0.25, 0.3) is 0 Å². The molecule has 0 spiro atoms. The summed E-state index contributed by atoms with van der Waals surface area (Å²) >= 11 is 3.16. The van der Waals surface area contributed by atoms with Gasteiger partial charge in [-0.2, -0.15) is 4.98 Å². The molecule has 2 aromatic carbocycles. The van der Waals surface area contributed by atoms with E-state index in [0.29, 0.717) is 28.1 Å². The van der Waals surface area contributed by atoms with Gasteiger partial charge in [-0.1, -0.05) is 60.3 Å². The van der Waals surface area contributed by atoms with Gasteiger partial charge in [-0.15, -0.1) is 16.4 Å². The number of carbonyl (C=O) groups is 1. The molecule has 3 heterocycles. The third-order valence-electron chi connectivity index (χ3n) is 5.46. The Morgan fingerprint density at radius 2 is 1.94 bits per heavy atom. The van der Waals surface area contributed by atoms with Crippen molar-refractivity contribution in [3.63, 3.8) is 0 Å². The predicted molar refractivity (Wildman–Crippen MR) is 136 cm³/mol. The number of hydrogen-bond donors (Lipinski definition) is 2. The van der Waals surface area contributed by atoms with Crippen LogP contribution in [0, 0.1) is 0 Å². The summed E-state index contributed by atoms with van der Waals surface area (Å²) in [5.74, 6) is 1.78. The standard InChI is InChI=1S/C25H23N5O2S2/c1-16-21(23(31)27-18-11-6-7-12-19(18)32-2)22(20-13-8-14-33-20)30-24(26-16)28-25(29-30)34-15-17-9-4-3-5-10-17/h3-14,22H,15H2,1-2H3,(H,27,31)(H,26,28,29)/t22-/m0/s1. The summed E-state index contributed by atoms with van der Waals surface area (Å²) in [6.07, 6.45) is 0. The lowest BCUT2D eigenvalue weighted by Crippen LogP contribution is -2.31. The van der Waals surface area contributed by atoms with Gasteiger partial charge in [0.15, 0.2) is 0 Å².